The smallest absolute Gasteiger partial charge is 0.231 e. The van der Waals surface area contributed by atoms with Crippen LogP contribution in [0.2, 0.25) is 0 Å². The van der Waals surface area contributed by atoms with Crippen LogP contribution in [0, 0.1) is 0 Å². The maximum atomic E-state index is 8.88. The molecule has 1 heterocycles. The fourth-order valence-corrected chi connectivity index (χ4v) is 0.653. The summed E-state index contributed by atoms with van der Waals surface area (Å²) in [5.74, 6) is 0. The fraction of sp³-hybridized carbons (Fsp3) is 0. The molecule has 0 aliphatic heterocycles. The van der Waals surface area contributed by atoms with Crippen LogP contribution >= 0.6 is 0 Å². The highest BCUT2D eigenvalue weighted by molar-refractivity contribution is 5.58. The Hall–Kier alpha value is -1.51. The van der Waals surface area contributed by atoms with Gasteiger partial charge in [-0.25, -0.2) is 0 Å². The van der Waals surface area contributed by atoms with Crippen molar-refractivity contribution in [1.82, 2.24) is 0 Å². The maximum absolute atomic E-state index is 8.88. The lowest BCUT2D eigenvalue weighted by molar-refractivity contribution is -0.904. The molecular formula is C7H9N2O+. The highest BCUT2D eigenvalue weighted by Gasteiger charge is 1.99. The summed E-state index contributed by atoms with van der Waals surface area (Å²) in [6.07, 6.45) is 2.99. The molecule has 1 aromatic heterocycles. The molecule has 0 aromatic carbocycles. The molecule has 10 heavy (non-hydrogen) atoms. The van der Waals surface area contributed by atoms with Crippen LogP contribution in [0.15, 0.2) is 31.1 Å². The Balaban J connectivity index is 3.07. The zero-order valence-corrected chi connectivity index (χ0v) is 5.49. The number of hydrogen-bond acceptors (Lipinski definition) is 2. The standard InChI is InChI=1S/C7H9N2O/c1-6(8)7-3-2-4-9(10)5-7/h2-5,10H,1,8H2/q+1. The van der Waals surface area contributed by atoms with E-state index in [9.17, 15) is 0 Å². The van der Waals surface area contributed by atoms with E-state index in [1.807, 2.05) is 0 Å². The molecule has 0 amide bonds. The summed E-state index contributed by atoms with van der Waals surface area (Å²) >= 11 is 0. The predicted octanol–water partition coefficient (Wildman–Crippen LogP) is 0.141. The molecule has 0 bridgehead atoms. The summed E-state index contributed by atoms with van der Waals surface area (Å²) in [6, 6.07) is 3.46. The molecule has 52 valence electrons. The molecule has 0 fully saturated rings. The zero-order valence-electron chi connectivity index (χ0n) is 5.49. The number of nitrogens with two attached hydrogens (primary N) is 1. The molecule has 0 saturated carbocycles. The Morgan fingerprint density at radius 3 is 2.80 bits per heavy atom. The maximum Gasteiger partial charge on any atom is 0.231 e. The molecule has 0 atom stereocenters. The Bertz CT molecular complexity index is 258. The first-order valence-electron chi connectivity index (χ1n) is 2.85. The number of nitrogens with zero attached hydrogens (tertiary/aromatic N) is 1. The van der Waals surface area contributed by atoms with Crippen molar-refractivity contribution in [3.8, 4) is 0 Å². The second-order valence-electron chi connectivity index (χ2n) is 2.00. The normalized spacial score (nSPS) is 9.20. The summed E-state index contributed by atoms with van der Waals surface area (Å²) in [6.45, 7) is 3.52. The second-order valence-corrected chi connectivity index (χ2v) is 2.00. The predicted molar refractivity (Wildman–Crippen MR) is 37.0 cm³/mol. The molecule has 1 aromatic rings. The van der Waals surface area contributed by atoms with E-state index in [-0.39, 0.29) is 0 Å². The Morgan fingerprint density at radius 1 is 1.70 bits per heavy atom. The largest absolute Gasteiger partial charge is 0.399 e. The SMILES string of the molecule is C=C(N)c1ccc[n+](O)c1. The third-order valence-corrected chi connectivity index (χ3v) is 1.16. The molecule has 0 unspecified atom stereocenters. The van der Waals surface area contributed by atoms with E-state index >= 15 is 0 Å². The minimum absolute atomic E-state index is 0.448. The third kappa shape index (κ3) is 1.25. The molecule has 0 spiro atoms. The Labute approximate surface area is 59.0 Å². The highest BCUT2D eigenvalue weighted by Crippen LogP contribution is 2.00. The van der Waals surface area contributed by atoms with Gasteiger partial charge >= 0.3 is 0 Å². The van der Waals surface area contributed by atoms with E-state index in [2.05, 4.69) is 6.58 Å². The van der Waals surface area contributed by atoms with E-state index < -0.39 is 0 Å². The summed E-state index contributed by atoms with van der Waals surface area (Å²) in [5.41, 5.74) is 6.54. The van der Waals surface area contributed by atoms with E-state index in [0.29, 0.717) is 5.70 Å². The van der Waals surface area contributed by atoms with Crippen molar-refractivity contribution in [2.45, 2.75) is 0 Å². The van der Waals surface area contributed by atoms with Gasteiger partial charge in [-0.15, -0.1) is 0 Å². The van der Waals surface area contributed by atoms with Crippen LogP contribution in [0.5, 0.6) is 0 Å². The molecule has 3 N–H and O–H groups in total. The average molecular weight is 137 g/mol. The van der Waals surface area contributed by atoms with Crippen molar-refractivity contribution >= 4 is 5.70 Å². The molecule has 0 aliphatic rings. The van der Waals surface area contributed by atoms with Gasteiger partial charge in [-0.05, 0) is 6.07 Å². The van der Waals surface area contributed by atoms with Crippen LogP contribution in [0.25, 0.3) is 5.70 Å². The van der Waals surface area contributed by atoms with Crippen molar-refractivity contribution in [2.24, 2.45) is 5.73 Å². The molecule has 1 rings (SSSR count). The van der Waals surface area contributed by atoms with Crippen LogP contribution in [-0.2, 0) is 0 Å². The van der Waals surface area contributed by atoms with E-state index in [0.717, 1.165) is 10.3 Å². The number of pyridine rings is 1. The molecule has 3 nitrogen and oxygen atoms in total. The molecule has 0 aliphatic carbocycles. The zero-order chi connectivity index (χ0) is 7.56. The molecule has 0 radical (unpaired) electrons. The topological polar surface area (TPSA) is 50.1 Å². The lowest BCUT2D eigenvalue weighted by Gasteiger charge is -1.92. The van der Waals surface area contributed by atoms with Crippen molar-refractivity contribution in [3.05, 3.63) is 36.7 Å². The van der Waals surface area contributed by atoms with Gasteiger partial charge in [0.2, 0.25) is 12.4 Å². The number of rotatable bonds is 1. The van der Waals surface area contributed by atoms with Gasteiger partial charge in [0.15, 0.2) is 0 Å². The summed E-state index contributed by atoms with van der Waals surface area (Å²) in [7, 11) is 0. The van der Waals surface area contributed by atoms with Crippen molar-refractivity contribution in [1.29, 1.82) is 0 Å². The first-order valence-corrected chi connectivity index (χ1v) is 2.85. The molecular weight excluding hydrogens is 128 g/mol. The highest BCUT2D eigenvalue weighted by atomic mass is 16.5. The van der Waals surface area contributed by atoms with Crippen molar-refractivity contribution in [3.63, 3.8) is 0 Å². The van der Waals surface area contributed by atoms with Gasteiger partial charge in [0.1, 0.15) is 0 Å². The van der Waals surface area contributed by atoms with Gasteiger partial charge in [0.05, 0.1) is 5.56 Å². The van der Waals surface area contributed by atoms with Gasteiger partial charge in [-0.1, -0.05) is 6.58 Å². The van der Waals surface area contributed by atoms with E-state index in [4.69, 9.17) is 10.9 Å². The first-order chi connectivity index (χ1) is 4.70. The number of hydrogen-bond donors (Lipinski definition) is 2. The minimum atomic E-state index is 0.448. The fourth-order valence-electron chi connectivity index (χ4n) is 0.653. The first kappa shape index (κ1) is 6.61. The van der Waals surface area contributed by atoms with Gasteiger partial charge < -0.3 is 5.73 Å². The lowest BCUT2D eigenvalue weighted by Crippen LogP contribution is -2.29. The third-order valence-electron chi connectivity index (χ3n) is 1.16. The van der Waals surface area contributed by atoms with Crippen LogP contribution in [0.3, 0.4) is 0 Å². The number of aromatic nitrogens is 1. The van der Waals surface area contributed by atoms with Gasteiger partial charge in [-0.3, -0.25) is 5.21 Å². The van der Waals surface area contributed by atoms with Gasteiger partial charge in [-0.2, -0.15) is 0 Å². The van der Waals surface area contributed by atoms with E-state index in [1.165, 1.54) is 12.4 Å². The summed E-state index contributed by atoms with van der Waals surface area (Å²) in [4.78, 5) is 0. The molecule has 0 saturated heterocycles. The monoisotopic (exact) mass is 137 g/mol. The Morgan fingerprint density at radius 2 is 2.40 bits per heavy atom. The second kappa shape index (κ2) is 2.39. The van der Waals surface area contributed by atoms with Crippen LogP contribution in [0.1, 0.15) is 5.56 Å². The van der Waals surface area contributed by atoms with Crippen LogP contribution in [0.4, 0.5) is 0 Å². The summed E-state index contributed by atoms with van der Waals surface area (Å²) < 4.78 is 0.938. The summed E-state index contributed by atoms with van der Waals surface area (Å²) in [5, 5.41) is 8.88. The Kier molecular flexibility index (Phi) is 1.58. The van der Waals surface area contributed by atoms with Crippen molar-refractivity contribution in [2.75, 3.05) is 0 Å². The van der Waals surface area contributed by atoms with Crippen molar-refractivity contribution < 1.29 is 9.94 Å². The lowest BCUT2D eigenvalue weighted by atomic mass is 10.2. The van der Waals surface area contributed by atoms with Gasteiger partial charge in [0.25, 0.3) is 0 Å². The quantitative estimate of drug-likeness (QED) is 0.427. The van der Waals surface area contributed by atoms with Crippen LogP contribution in [-0.4, -0.2) is 5.21 Å². The van der Waals surface area contributed by atoms with E-state index in [1.54, 1.807) is 12.1 Å². The minimum Gasteiger partial charge on any atom is -0.399 e. The van der Waals surface area contributed by atoms with Gasteiger partial charge in [0, 0.05) is 16.5 Å². The van der Waals surface area contributed by atoms with Crippen LogP contribution < -0.4 is 10.5 Å². The molecule has 3 heteroatoms. The average Bonchev–Trinajstić information content (AvgIpc) is 1.88.